The normalized spacial score (nSPS) is 21.4. The van der Waals surface area contributed by atoms with Crippen molar-refractivity contribution in [2.75, 3.05) is 6.61 Å². The zero-order valence-electron chi connectivity index (χ0n) is 12.5. The molecular weight excluding hydrogens is 246 g/mol. The van der Waals surface area contributed by atoms with Gasteiger partial charge in [0, 0.05) is 5.54 Å². The summed E-state index contributed by atoms with van der Waals surface area (Å²) in [7, 11) is 0. The summed E-state index contributed by atoms with van der Waals surface area (Å²) in [6.07, 6.45) is 11.2. The molecule has 0 bridgehead atoms. The van der Waals surface area contributed by atoms with Crippen molar-refractivity contribution in [2.24, 2.45) is 5.73 Å². The molecule has 0 saturated heterocycles. The van der Waals surface area contributed by atoms with E-state index in [-0.39, 0.29) is 5.54 Å². The summed E-state index contributed by atoms with van der Waals surface area (Å²) < 4.78 is 5.95. The first-order chi connectivity index (χ1) is 9.75. The van der Waals surface area contributed by atoms with E-state index in [1.165, 1.54) is 61.6 Å². The highest BCUT2D eigenvalue weighted by atomic mass is 16.5. The summed E-state index contributed by atoms with van der Waals surface area (Å²) in [5.74, 6) is 0. The van der Waals surface area contributed by atoms with Gasteiger partial charge in [0.2, 0.25) is 0 Å². The van der Waals surface area contributed by atoms with Crippen molar-refractivity contribution >= 4 is 0 Å². The topological polar surface area (TPSA) is 35.2 Å². The molecule has 2 heteroatoms. The molecule has 0 unspecified atom stereocenters. The third kappa shape index (κ3) is 3.42. The third-order valence-electron chi connectivity index (χ3n) is 4.92. The molecule has 1 aromatic carbocycles. The number of hydrogen-bond donors (Lipinski definition) is 1. The first kappa shape index (κ1) is 14.1. The Hall–Kier alpha value is -0.860. The number of hydrogen-bond acceptors (Lipinski definition) is 2. The molecule has 1 aromatic rings. The van der Waals surface area contributed by atoms with Gasteiger partial charge in [-0.15, -0.1) is 0 Å². The first-order valence-corrected chi connectivity index (χ1v) is 8.23. The minimum atomic E-state index is -0.0762. The fraction of sp³-hybridized carbons (Fsp3) is 0.667. The highest BCUT2D eigenvalue weighted by molar-refractivity contribution is 5.35. The number of benzene rings is 1. The van der Waals surface area contributed by atoms with E-state index < -0.39 is 0 Å². The standard InChI is InChI=1S/C18H27NO/c19-18(10-3-1-2-4-11-18)14-20-13-15-8-9-16-6-5-7-17(16)12-15/h8-9,12H,1-7,10-11,13-14,19H2. The van der Waals surface area contributed by atoms with Crippen molar-refractivity contribution < 1.29 is 4.74 Å². The van der Waals surface area contributed by atoms with Gasteiger partial charge in [0.1, 0.15) is 0 Å². The Morgan fingerprint density at radius 2 is 1.70 bits per heavy atom. The van der Waals surface area contributed by atoms with Gasteiger partial charge in [-0.2, -0.15) is 0 Å². The molecule has 0 spiro atoms. The molecule has 1 saturated carbocycles. The monoisotopic (exact) mass is 273 g/mol. The molecule has 0 radical (unpaired) electrons. The molecule has 2 nitrogen and oxygen atoms in total. The van der Waals surface area contributed by atoms with E-state index in [2.05, 4.69) is 18.2 Å². The van der Waals surface area contributed by atoms with Gasteiger partial charge in [-0.3, -0.25) is 0 Å². The van der Waals surface area contributed by atoms with Gasteiger partial charge in [-0.05, 0) is 48.8 Å². The van der Waals surface area contributed by atoms with Crippen LogP contribution in [-0.4, -0.2) is 12.1 Å². The molecule has 2 N–H and O–H groups in total. The first-order valence-electron chi connectivity index (χ1n) is 8.23. The smallest absolute Gasteiger partial charge is 0.0717 e. The number of rotatable bonds is 4. The van der Waals surface area contributed by atoms with E-state index >= 15 is 0 Å². The van der Waals surface area contributed by atoms with E-state index in [4.69, 9.17) is 10.5 Å². The average molecular weight is 273 g/mol. The second-order valence-electron chi connectivity index (χ2n) is 6.73. The maximum Gasteiger partial charge on any atom is 0.0717 e. The molecule has 0 aliphatic heterocycles. The minimum absolute atomic E-state index is 0.0762. The quantitative estimate of drug-likeness (QED) is 0.848. The SMILES string of the molecule is NC1(COCc2ccc3c(c2)CCC3)CCCCCC1. The van der Waals surface area contributed by atoms with Gasteiger partial charge < -0.3 is 10.5 Å². The molecule has 0 aromatic heterocycles. The number of ether oxygens (including phenoxy) is 1. The number of aryl methyl sites for hydroxylation is 2. The summed E-state index contributed by atoms with van der Waals surface area (Å²) >= 11 is 0. The lowest BCUT2D eigenvalue weighted by Crippen LogP contribution is -2.43. The fourth-order valence-corrected chi connectivity index (χ4v) is 3.66. The Labute approximate surface area is 122 Å². The van der Waals surface area contributed by atoms with Gasteiger partial charge in [-0.25, -0.2) is 0 Å². The van der Waals surface area contributed by atoms with Gasteiger partial charge in [0.15, 0.2) is 0 Å². The van der Waals surface area contributed by atoms with E-state index in [9.17, 15) is 0 Å². The molecule has 20 heavy (non-hydrogen) atoms. The van der Waals surface area contributed by atoms with Crippen molar-refractivity contribution in [3.63, 3.8) is 0 Å². The van der Waals surface area contributed by atoms with Crippen molar-refractivity contribution in [3.8, 4) is 0 Å². The lowest BCUT2D eigenvalue weighted by molar-refractivity contribution is 0.0667. The van der Waals surface area contributed by atoms with E-state index in [1.54, 1.807) is 0 Å². The summed E-state index contributed by atoms with van der Waals surface area (Å²) in [5, 5.41) is 0. The Bertz CT molecular complexity index is 447. The molecule has 1 fully saturated rings. The number of nitrogens with two attached hydrogens (primary N) is 1. The molecule has 0 atom stereocenters. The van der Waals surface area contributed by atoms with Crippen LogP contribution in [0.3, 0.4) is 0 Å². The fourth-order valence-electron chi connectivity index (χ4n) is 3.66. The molecular formula is C18H27NO. The largest absolute Gasteiger partial charge is 0.375 e. The van der Waals surface area contributed by atoms with Crippen LogP contribution in [0, 0.1) is 0 Å². The summed E-state index contributed by atoms with van der Waals surface area (Å²) in [4.78, 5) is 0. The second kappa shape index (κ2) is 6.28. The Morgan fingerprint density at radius 1 is 0.950 bits per heavy atom. The Kier molecular flexibility index (Phi) is 4.42. The van der Waals surface area contributed by atoms with Crippen molar-refractivity contribution in [3.05, 3.63) is 34.9 Å². The lowest BCUT2D eigenvalue weighted by atomic mass is 9.92. The minimum Gasteiger partial charge on any atom is -0.375 e. The summed E-state index contributed by atoms with van der Waals surface area (Å²) in [6.45, 7) is 1.43. The van der Waals surface area contributed by atoms with Crippen LogP contribution in [0.25, 0.3) is 0 Å². The van der Waals surface area contributed by atoms with Gasteiger partial charge in [0.25, 0.3) is 0 Å². The van der Waals surface area contributed by atoms with Crippen LogP contribution in [0.5, 0.6) is 0 Å². The Balaban J connectivity index is 1.52. The van der Waals surface area contributed by atoms with Crippen LogP contribution in [-0.2, 0) is 24.2 Å². The maximum atomic E-state index is 6.49. The zero-order valence-corrected chi connectivity index (χ0v) is 12.5. The highest BCUT2D eigenvalue weighted by Crippen LogP contribution is 2.26. The van der Waals surface area contributed by atoms with Crippen molar-refractivity contribution in [1.29, 1.82) is 0 Å². The molecule has 0 amide bonds. The van der Waals surface area contributed by atoms with Crippen LogP contribution < -0.4 is 5.73 Å². The van der Waals surface area contributed by atoms with Crippen LogP contribution in [0.2, 0.25) is 0 Å². The van der Waals surface area contributed by atoms with Crippen LogP contribution >= 0.6 is 0 Å². The van der Waals surface area contributed by atoms with Crippen LogP contribution in [0.15, 0.2) is 18.2 Å². The summed E-state index contributed by atoms with van der Waals surface area (Å²) in [5.41, 5.74) is 10.8. The Morgan fingerprint density at radius 3 is 2.50 bits per heavy atom. The number of fused-ring (bicyclic) bond motifs is 1. The van der Waals surface area contributed by atoms with Crippen LogP contribution in [0.1, 0.15) is 61.6 Å². The molecule has 110 valence electrons. The van der Waals surface area contributed by atoms with Gasteiger partial charge in [0.05, 0.1) is 13.2 Å². The lowest BCUT2D eigenvalue weighted by Gasteiger charge is -2.27. The predicted molar refractivity (Wildman–Crippen MR) is 82.7 cm³/mol. The maximum absolute atomic E-state index is 6.49. The van der Waals surface area contributed by atoms with E-state index in [0.29, 0.717) is 13.2 Å². The van der Waals surface area contributed by atoms with Crippen molar-refractivity contribution in [2.45, 2.75) is 69.9 Å². The van der Waals surface area contributed by atoms with E-state index in [0.717, 1.165) is 12.8 Å². The predicted octanol–water partition coefficient (Wildman–Crippen LogP) is 3.74. The molecule has 2 aliphatic rings. The van der Waals surface area contributed by atoms with E-state index in [1.807, 2.05) is 0 Å². The van der Waals surface area contributed by atoms with Gasteiger partial charge in [-0.1, -0.05) is 43.9 Å². The summed E-state index contributed by atoms with van der Waals surface area (Å²) in [6, 6.07) is 6.84. The molecule has 3 rings (SSSR count). The average Bonchev–Trinajstić information content (AvgIpc) is 2.80. The highest BCUT2D eigenvalue weighted by Gasteiger charge is 2.26. The van der Waals surface area contributed by atoms with Crippen LogP contribution in [0.4, 0.5) is 0 Å². The second-order valence-corrected chi connectivity index (χ2v) is 6.73. The third-order valence-corrected chi connectivity index (χ3v) is 4.92. The molecule has 0 heterocycles. The van der Waals surface area contributed by atoms with Crippen molar-refractivity contribution in [1.82, 2.24) is 0 Å². The van der Waals surface area contributed by atoms with Gasteiger partial charge >= 0.3 is 0 Å². The zero-order chi connectivity index (χ0) is 13.8. The molecule has 2 aliphatic carbocycles.